The average Bonchev–Trinajstić information content (AvgIpc) is 3.28. The van der Waals surface area contributed by atoms with Crippen molar-refractivity contribution in [3.63, 3.8) is 0 Å². The van der Waals surface area contributed by atoms with E-state index < -0.39 is 19.9 Å². The van der Waals surface area contributed by atoms with Gasteiger partial charge in [-0.2, -0.15) is 0 Å². The molecular weight excluding hydrogens is 456 g/mol. The normalized spacial score (nSPS) is 17.3. The lowest BCUT2D eigenvalue weighted by Gasteiger charge is -2.26. The number of likely N-dealkylation sites (tertiary alicyclic amines) is 1. The van der Waals surface area contributed by atoms with Gasteiger partial charge in [0, 0.05) is 17.3 Å². The number of halogens is 1. The molecule has 1 fully saturated rings. The fourth-order valence-corrected chi connectivity index (χ4v) is 5.88. The van der Waals surface area contributed by atoms with Gasteiger partial charge in [0.25, 0.3) is 0 Å². The number of benzene rings is 1. The van der Waals surface area contributed by atoms with Crippen molar-refractivity contribution in [2.45, 2.75) is 28.7 Å². The molecule has 2 heterocycles. The molecular formula is C17H21BrN2O5S2. The summed E-state index contributed by atoms with van der Waals surface area (Å²) in [6, 6.07) is 7.36. The first-order valence-corrected chi connectivity index (χ1v) is 12.6. The van der Waals surface area contributed by atoms with Crippen molar-refractivity contribution in [2.24, 2.45) is 0 Å². The van der Waals surface area contributed by atoms with Gasteiger partial charge in [0.15, 0.2) is 9.84 Å². The quantitative estimate of drug-likeness (QED) is 0.659. The van der Waals surface area contributed by atoms with Gasteiger partial charge in [0.2, 0.25) is 10.0 Å². The Morgan fingerprint density at radius 2 is 1.89 bits per heavy atom. The van der Waals surface area contributed by atoms with E-state index in [-0.39, 0.29) is 22.4 Å². The Balaban J connectivity index is 1.85. The molecule has 148 valence electrons. The molecule has 10 heteroatoms. The summed E-state index contributed by atoms with van der Waals surface area (Å²) < 4.78 is 57.6. The second-order valence-electron chi connectivity index (χ2n) is 6.49. The Labute approximate surface area is 167 Å². The predicted octanol–water partition coefficient (Wildman–Crippen LogP) is 2.56. The van der Waals surface area contributed by atoms with E-state index in [1.165, 1.54) is 18.2 Å². The maximum absolute atomic E-state index is 12.8. The molecule has 1 saturated heterocycles. The second-order valence-corrected chi connectivity index (χ2v) is 11.1. The molecule has 0 radical (unpaired) electrons. The Morgan fingerprint density at radius 1 is 1.19 bits per heavy atom. The number of sulfone groups is 1. The van der Waals surface area contributed by atoms with Crippen LogP contribution in [0.15, 0.2) is 55.3 Å². The highest BCUT2D eigenvalue weighted by molar-refractivity contribution is 9.10. The molecule has 1 unspecified atom stereocenters. The van der Waals surface area contributed by atoms with Crippen molar-refractivity contribution in [1.82, 2.24) is 9.62 Å². The number of sulfonamides is 1. The lowest BCUT2D eigenvalue weighted by molar-refractivity contribution is 0.216. The van der Waals surface area contributed by atoms with Crippen molar-refractivity contribution in [3.05, 3.63) is 46.8 Å². The smallest absolute Gasteiger partial charge is 0.241 e. The summed E-state index contributed by atoms with van der Waals surface area (Å²) in [6.07, 6.45) is 4.73. The van der Waals surface area contributed by atoms with E-state index in [4.69, 9.17) is 4.42 Å². The molecule has 0 spiro atoms. The Bertz CT molecular complexity index is 998. The second kappa shape index (κ2) is 8.04. The zero-order valence-electron chi connectivity index (χ0n) is 14.8. The summed E-state index contributed by atoms with van der Waals surface area (Å²) in [5.74, 6) is 0.698. The Hall–Kier alpha value is -1.20. The van der Waals surface area contributed by atoms with Gasteiger partial charge in [-0.1, -0.05) is 0 Å². The molecule has 2 aromatic rings. The molecule has 1 aromatic carbocycles. The average molecular weight is 477 g/mol. The highest BCUT2D eigenvalue weighted by Gasteiger charge is 2.28. The van der Waals surface area contributed by atoms with Gasteiger partial charge in [0.1, 0.15) is 5.76 Å². The summed E-state index contributed by atoms with van der Waals surface area (Å²) >= 11 is 3.20. The highest BCUT2D eigenvalue weighted by Crippen LogP contribution is 2.28. The standard InChI is InChI=1S/C17H21BrN2O5S2/c1-26(21,22)13-6-7-14(18)17(11-13)27(23,24)19-12-15(16-5-4-10-25-16)20-8-2-3-9-20/h4-7,10-11,15,19H,2-3,8-9,12H2,1H3. The van der Waals surface area contributed by atoms with E-state index >= 15 is 0 Å². The number of nitrogens with zero attached hydrogens (tertiary/aromatic N) is 1. The van der Waals surface area contributed by atoms with Crippen molar-refractivity contribution in [1.29, 1.82) is 0 Å². The van der Waals surface area contributed by atoms with Crippen LogP contribution in [-0.4, -0.2) is 47.6 Å². The van der Waals surface area contributed by atoms with Gasteiger partial charge >= 0.3 is 0 Å². The van der Waals surface area contributed by atoms with Gasteiger partial charge in [0.05, 0.1) is 22.1 Å². The third kappa shape index (κ3) is 4.80. The van der Waals surface area contributed by atoms with Crippen molar-refractivity contribution in [2.75, 3.05) is 25.9 Å². The summed E-state index contributed by atoms with van der Waals surface area (Å²) in [4.78, 5) is 2.03. The molecule has 3 rings (SSSR count). The minimum atomic E-state index is -3.92. The molecule has 1 aliphatic rings. The van der Waals surface area contributed by atoms with E-state index in [0.717, 1.165) is 32.2 Å². The fraction of sp³-hybridized carbons (Fsp3) is 0.412. The number of nitrogens with one attached hydrogen (secondary N) is 1. The van der Waals surface area contributed by atoms with Crippen LogP contribution in [0.25, 0.3) is 0 Å². The summed E-state index contributed by atoms with van der Waals surface area (Å²) in [6.45, 7) is 1.88. The van der Waals surface area contributed by atoms with Crippen molar-refractivity contribution >= 4 is 35.8 Å². The lowest BCUT2D eigenvalue weighted by atomic mass is 10.2. The number of furan rings is 1. The highest BCUT2D eigenvalue weighted by atomic mass is 79.9. The zero-order chi connectivity index (χ0) is 19.7. The first-order chi connectivity index (χ1) is 12.7. The van der Waals surface area contributed by atoms with Crippen molar-refractivity contribution in [3.8, 4) is 0 Å². The largest absolute Gasteiger partial charge is 0.468 e. The number of hydrogen-bond acceptors (Lipinski definition) is 6. The molecule has 1 aliphatic heterocycles. The van der Waals surface area contributed by atoms with Gasteiger partial charge in [-0.25, -0.2) is 21.6 Å². The molecule has 1 atom stereocenters. The van der Waals surface area contributed by atoms with Gasteiger partial charge in [-0.05, 0) is 72.2 Å². The monoisotopic (exact) mass is 476 g/mol. The molecule has 0 saturated carbocycles. The maximum Gasteiger partial charge on any atom is 0.241 e. The topological polar surface area (TPSA) is 96.7 Å². The molecule has 7 nitrogen and oxygen atoms in total. The van der Waals surface area contributed by atoms with Crippen LogP contribution in [0.3, 0.4) is 0 Å². The number of hydrogen-bond donors (Lipinski definition) is 1. The molecule has 0 aliphatic carbocycles. The predicted molar refractivity (Wildman–Crippen MR) is 105 cm³/mol. The van der Waals surface area contributed by atoms with Gasteiger partial charge < -0.3 is 4.42 Å². The van der Waals surface area contributed by atoms with E-state index in [2.05, 4.69) is 25.6 Å². The van der Waals surface area contributed by atoms with E-state index in [9.17, 15) is 16.8 Å². The molecule has 27 heavy (non-hydrogen) atoms. The van der Waals surface area contributed by atoms with E-state index in [0.29, 0.717) is 10.2 Å². The Morgan fingerprint density at radius 3 is 2.48 bits per heavy atom. The fourth-order valence-electron chi connectivity index (χ4n) is 3.13. The van der Waals surface area contributed by atoms with Crippen LogP contribution in [0.4, 0.5) is 0 Å². The van der Waals surface area contributed by atoms with Crippen LogP contribution >= 0.6 is 15.9 Å². The lowest BCUT2D eigenvalue weighted by Crippen LogP contribution is -2.36. The first kappa shape index (κ1) is 20.5. The minimum absolute atomic E-state index is 0.0480. The minimum Gasteiger partial charge on any atom is -0.468 e. The van der Waals surface area contributed by atoms with Crippen LogP contribution < -0.4 is 4.72 Å². The van der Waals surface area contributed by atoms with Gasteiger partial charge in [-0.3, -0.25) is 4.90 Å². The van der Waals surface area contributed by atoms with Crippen LogP contribution in [0.5, 0.6) is 0 Å². The number of rotatable bonds is 7. The zero-order valence-corrected chi connectivity index (χ0v) is 18.0. The molecule has 0 amide bonds. The molecule has 0 bridgehead atoms. The van der Waals surface area contributed by atoms with Gasteiger partial charge in [-0.15, -0.1) is 0 Å². The van der Waals surface area contributed by atoms with Crippen LogP contribution in [0.1, 0.15) is 24.6 Å². The molecule has 1 aromatic heterocycles. The van der Waals surface area contributed by atoms with Crippen LogP contribution in [0, 0.1) is 0 Å². The maximum atomic E-state index is 12.8. The SMILES string of the molecule is CS(=O)(=O)c1ccc(Br)c(S(=O)(=O)NCC(c2ccco2)N2CCCC2)c1. The van der Waals surface area contributed by atoms with Crippen LogP contribution in [-0.2, 0) is 19.9 Å². The summed E-state index contributed by atoms with van der Waals surface area (Å²) in [5.41, 5.74) is 0. The molecule has 1 N–H and O–H groups in total. The third-order valence-electron chi connectivity index (χ3n) is 4.54. The third-order valence-corrected chi connectivity index (χ3v) is 8.07. The van der Waals surface area contributed by atoms with E-state index in [1.54, 1.807) is 12.3 Å². The Kier molecular flexibility index (Phi) is 6.11. The summed E-state index contributed by atoms with van der Waals surface area (Å²) in [7, 11) is -7.44. The van der Waals surface area contributed by atoms with E-state index in [1.807, 2.05) is 6.07 Å². The van der Waals surface area contributed by atoms with Crippen LogP contribution in [0.2, 0.25) is 0 Å². The first-order valence-electron chi connectivity index (χ1n) is 8.45. The van der Waals surface area contributed by atoms with Crippen molar-refractivity contribution < 1.29 is 21.3 Å². The summed E-state index contributed by atoms with van der Waals surface area (Å²) in [5, 5.41) is 0.